The van der Waals surface area contributed by atoms with Crippen LogP contribution in [0, 0.1) is 13.8 Å². The third-order valence-corrected chi connectivity index (χ3v) is 3.79. The van der Waals surface area contributed by atoms with Crippen molar-refractivity contribution in [3.8, 4) is 11.5 Å². The van der Waals surface area contributed by atoms with Gasteiger partial charge in [0.05, 0.1) is 12.2 Å². The Morgan fingerprint density at radius 3 is 2.92 bits per heavy atom. The SMILES string of the molecule is Cc1noc(C)c1Cn1nnc(NC(=O)c2ccc3c(c2)OCO3)n1. The van der Waals surface area contributed by atoms with Crippen LogP contribution in [0.25, 0.3) is 0 Å². The molecular formula is C15H14N6O4. The Hall–Kier alpha value is -3.43. The van der Waals surface area contributed by atoms with Crippen LogP contribution in [-0.2, 0) is 6.54 Å². The van der Waals surface area contributed by atoms with Crippen LogP contribution in [0.4, 0.5) is 5.95 Å². The molecule has 0 spiro atoms. The van der Waals surface area contributed by atoms with E-state index in [2.05, 4.69) is 25.9 Å². The molecule has 128 valence electrons. The van der Waals surface area contributed by atoms with Crippen LogP contribution in [0.2, 0.25) is 0 Å². The van der Waals surface area contributed by atoms with Gasteiger partial charge >= 0.3 is 0 Å². The number of nitrogens with one attached hydrogen (secondary N) is 1. The molecule has 3 aromatic rings. The lowest BCUT2D eigenvalue weighted by Crippen LogP contribution is -2.13. The van der Waals surface area contributed by atoms with Gasteiger partial charge in [0, 0.05) is 11.1 Å². The zero-order valence-corrected chi connectivity index (χ0v) is 13.5. The van der Waals surface area contributed by atoms with Crippen LogP contribution in [0.15, 0.2) is 22.7 Å². The van der Waals surface area contributed by atoms with Gasteiger partial charge in [0.25, 0.3) is 11.9 Å². The van der Waals surface area contributed by atoms with Gasteiger partial charge in [0.2, 0.25) is 6.79 Å². The molecule has 25 heavy (non-hydrogen) atoms. The van der Waals surface area contributed by atoms with E-state index in [0.717, 1.165) is 11.3 Å². The quantitative estimate of drug-likeness (QED) is 0.754. The number of tetrazole rings is 1. The van der Waals surface area contributed by atoms with Crippen LogP contribution in [0.3, 0.4) is 0 Å². The van der Waals surface area contributed by atoms with Gasteiger partial charge in [0.1, 0.15) is 5.76 Å². The highest BCUT2D eigenvalue weighted by molar-refractivity contribution is 6.03. The first kappa shape index (κ1) is 15.1. The van der Waals surface area contributed by atoms with E-state index in [0.29, 0.717) is 29.4 Å². The number of rotatable bonds is 4. The number of aryl methyl sites for hydroxylation is 2. The number of anilines is 1. The summed E-state index contributed by atoms with van der Waals surface area (Å²) in [7, 11) is 0. The average molecular weight is 342 g/mol. The van der Waals surface area contributed by atoms with Crippen molar-refractivity contribution >= 4 is 11.9 Å². The molecule has 0 saturated heterocycles. The van der Waals surface area contributed by atoms with Crippen LogP contribution in [0.5, 0.6) is 11.5 Å². The molecule has 1 amide bonds. The Morgan fingerprint density at radius 2 is 2.12 bits per heavy atom. The highest BCUT2D eigenvalue weighted by Gasteiger charge is 2.18. The van der Waals surface area contributed by atoms with E-state index >= 15 is 0 Å². The van der Waals surface area contributed by atoms with Crippen molar-refractivity contribution in [3.63, 3.8) is 0 Å². The second kappa shape index (κ2) is 5.89. The molecule has 10 nitrogen and oxygen atoms in total. The Labute approximate surface area is 141 Å². The predicted octanol–water partition coefficient (Wildman–Crippen LogP) is 1.31. The number of benzene rings is 1. The highest BCUT2D eigenvalue weighted by atomic mass is 16.7. The van der Waals surface area contributed by atoms with Gasteiger partial charge in [-0.25, -0.2) is 0 Å². The van der Waals surface area contributed by atoms with Crippen molar-refractivity contribution in [2.75, 3.05) is 12.1 Å². The summed E-state index contributed by atoms with van der Waals surface area (Å²) >= 11 is 0. The van der Waals surface area contributed by atoms with Gasteiger partial charge in [-0.2, -0.15) is 4.80 Å². The molecule has 0 aliphatic carbocycles. The van der Waals surface area contributed by atoms with Crippen LogP contribution in [-0.4, -0.2) is 38.1 Å². The lowest BCUT2D eigenvalue weighted by Gasteiger charge is -2.02. The average Bonchev–Trinajstić information content (AvgIpc) is 3.31. The smallest absolute Gasteiger partial charge is 0.270 e. The third-order valence-electron chi connectivity index (χ3n) is 3.79. The Bertz CT molecular complexity index is 928. The van der Waals surface area contributed by atoms with Crippen LogP contribution < -0.4 is 14.8 Å². The number of hydrogen-bond donors (Lipinski definition) is 1. The van der Waals surface area contributed by atoms with E-state index in [1.165, 1.54) is 4.80 Å². The van der Waals surface area contributed by atoms with Crippen molar-refractivity contribution in [3.05, 3.63) is 40.8 Å². The third kappa shape index (κ3) is 2.89. The van der Waals surface area contributed by atoms with Gasteiger partial charge in [-0.1, -0.05) is 10.3 Å². The molecule has 0 radical (unpaired) electrons. The number of aromatic nitrogens is 5. The van der Waals surface area contributed by atoms with E-state index in [1.54, 1.807) is 18.2 Å². The maximum absolute atomic E-state index is 12.3. The number of fused-ring (bicyclic) bond motifs is 1. The molecule has 1 N–H and O–H groups in total. The summed E-state index contributed by atoms with van der Waals surface area (Å²) in [6.45, 7) is 4.16. The standard InChI is InChI=1S/C15H14N6O4/c1-8-11(9(2)25-19-8)6-21-18-15(17-20-21)16-14(22)10-3-4-12-13(5-10)24-7-23-12/h3-5H,6-7H2,1-2H3,(H,16,18,22). The summed E-state index contributed by atoms with van der Waals surface area (Å²) < 4.78 is 15.6. The summed E-state index contributed by atoms with van der Waals surface area (Å²) in [6, 6.07) is 4.92. The molecule has 4 rings (SSSR count). The van der Waals surface area contributed by atoms with Crippen LogP contribution >= 0.6 is 0 Å². The Morgan fingerprint density at radius 1 is 1.28 bits per heavy atom. The molecule has 0 bridgehead atoms. The number of ether oxygens (including phenoxy) is 2. The molecule has 10 heteroatoms. The minimum absolute atomic E-state index is 0.106. The van der Waals surface area contributed by atoms with E-state index in [-0.39, 0.29) is 18.6 Å². The van der Waals surface area contributed by atoms with Gasteiger partial charge < -0.3 is 14.0 Å². The predicted molar refractivity (Wildman–Crippen MR) is 83.4 cm³/mol. The second-order valence-corrected chi connectivity index (χ2v) is 5.47. The molecule has 3 heterocycles. The lowest BCUT2D eigenvalue weighted by atomic mass is 10.2. The number of carbonyl (C=O) groups is 1. The van der Waals surface area contributed by atoms with Crippen molar-refractivity contribution in [1.29, 1.82) is 0 Å². The largest absolute Gasteiger partial charge is 0.454 e. The van der Waals surface area contributed by atoms with Crippen molar-refractivity contribution in [1.82, 2.24) is 25.4 Å². The molecule has 1 aliphatic rings. The van der Waals surface area contributed by atoms with E-state index in [9.17, 15) is 4.79 Å². The lowest BCUT2D eigenvalue weighted by molar-refractivity contribution is 0.102. The zero-order valence-electron chi connectivity index (χ0n) is 13.5. The van der Waals surface area contributed by atoms with E-state index in [1.807, 2.05) is 13.8 Å². The fourth-order valence-electron chi connectivity index (χ4n) is 2.44. The Kier molecular flexibility index (Phi) is 3.56. The summed E-state index contributed by atoms with van der Waals surface area (Å²) in [6.07, 6.45) is 0. The monoisotopic (exact) mass is 342 g/mol. The molecule has 0 unspecified atom stereocenters. The summed E-state index contributed by atoms with van der Waals surface area (Å²) in [5, 5.41) is 18.4. The number of carbonyl (C=O) groups excluding carboxylic acids is 1. The normalized spacial score (nSPS) is 12.4. The first-order valence-corrected chi connectivity index (χ1v) is 7.51. The molecule has 0 saturated carbocycles. The molecule has 0 atom stereocenters. The fourth-order valence-corrected chi connectivity index (χ4v) is 2.44. The Balaban J connectivity index is 1.46. The first-order chi connectivity index (χ1) is 12.1. The van der Waals surface area contributed by atoms with E-state index in [4.69, 9.17) is 14.0 Å². The highest BCUT2D eigenvalue weighted by Crippen LogP contribution is 2.32. The number of amides is 1. The minimum Gasteiger partial charge on any atom is -0.454 e. The molecule has 0 fully saturated rings. The molecular weight excluding hydrogens is 328 g/mol. The van der Waals surface area contributed by atoms with E-state index < -0.39 is 0 Å². The van der Waals surface area contributed by atoms with Gasteiger partial charge in [-0.05, 0) is 37.3 Å². The molecule has 1 aliphatic heterocycles. The maximum atomic E-state index is 12.3. The second-order valence-electron chi connectivity index (χ2n) is 5.47. The van der Waals surface area contributed by atoms with Crippen molar-refractivity contribution in [2.24, 2.45) is 0 Å². The van der Waals surface area contributed by atoms with Gasteiger partial charge in [-0.3, -0.25) is 10.1 Å². The van der Waals surface area contributed by atoms with Crippen LogP contribution in [0.1, 0.15) is 27.4 Å². The number of nitrogens with zero attached hydrogens (tertiary/aromatic N) is 5. The van der Waals surface area contributed by atoms with Crippen molar-refractivity contribution < 1.29 is 18.8 Å². The van der Waals surface area contributed by atoms with Crippen molar-refractivity contribution in [2.45, 2.75) is 20.4 Å². The topological polar surface area (TPSA) is 117 Å². The minimum atomic E-state index is -0.366. The number of hydrogen-bond acceptors (Lipinski definition) is 8. The van der Waals surface area contributed by atoms with Gasteiger partial charge in [0.15, 0.2) is 11.5 Å². The zero-order chi connectivity index (χ0) is 17.4. The van der Waals surface area contributed by atoms with Gasteiger partial charge in [-0.15, -0.1) is 5.10 Å². The molecule has 1 aromatic carbocycles. The summed E-state index contributed by atoms with van der Waals surface area (Å²) in [5.74, 6) is 1.58. The first-order valence-electron chi connectivity index (χ1n) is 7.51. The summed E-state index contributed by atoms with van der Waals surface area (Å²) in [4.78, 5) is 13.7. The fraction of sp³-hybridized carbons (Fsp3) is 0.267. The molecule has 2 aromatic heterocycles. The summed E-state index contributed by atoms with van der Waals surface area (Å²) in [5.41, 5.74) is 2.05. The maximum Gasteiger partial charge on any atom is 0.270 e.